The van der Waals surface area contributed by atoms with Crippen LogP contribution in [0.3, 0.4) is 0 Å². The molecule has 20 heavy (non-hydrogen) atoms. The lowest BCUT2D eigenvalue weighted by atomic mass is 9.85. The maximum absolute atomic E-state index is 4.49. The Labute approximate surface area is 122 Å². The molecule has 0 spiro atoms. The molecule has 0 amide bonds. The van der Waals surface area contributed by atoms with Crippen LogP contribution < -0.4 is 5.32 Å². The van der Waals surface area contributed by atoms with Crippen molar-refractivity contribution in [1.82, 2.24) is 15.1 Å². The lowest BCUT2D eigenvalue weighted by Crippen LogP contribution is -2.28. The number of hydrogen-bond donors (Lipinski definition) is 1. The molecule has 0 radical (unpaired) electrons. The monoisotopic (exact) mass is 271 g/mol. The van der Waals surface area contributed by atoms with Gasteiger partial charge in [-0.25, -0.2) is 4.68 Å². The highest BCUT2D eigenvalue weighted by Crippen LogP contribution is 2.28. The van der Waals surface area contributed by atoms with Crippen molar-refractivity contribution in [1.29, 1.82) is 0 Å². The molecular weight excluding hydrogens is 246 g/mol. The Kier molecular flexibility index (Phi) is 4.96. The topological polar surface area (TPSA) is 29.9 Å². The summed E-state index contributed by atoms with van der Waals surface area (Å²) in [5.41, 5.74) is 2.50. The van der Waals surface area contributed by atoms with E-state index in [9.17, 15) is 0 Å². The summed E-state index contributed by atoms with van der Waals surface area (Å²) in [5.74, 6) is 0. The number of nitrogens with one attached hydrogen (secondary N) is 1. The van der Waals surface area contributed by atoms with Crippen molar-refractivity contribution in [2.75, 3.05) is 13.1 Å². The molecule has 0 atom stereocenters. The van der Waals surface area contributed by atoms with Crippen LogP contribution in [0, 0.1) is 0 Å². The molecule has 0 aliphatic heterocycles. The van der Waals surface area contributed by atoms with E-state index in [0.29, 0.717) is 0 Å². The van der Waals surface area contributed by atoms with Crippen molar-refractivity contribution in [3.8, 4) is 5.69 Å². The average Bonchev–Trinajstić information content (AvgIpc) is 2.95. The highest BCUT2D eigenvalue weighted by atomic mass is 15.3. The van der Waals surface area contributed by atoms with Gasteiger partial charge in [0.05, 0.1) is 5.69 Å². The first-order valence-corrected chi connectivity index (χ1v) is 7.46. The fourth-order valence-corrected chi connectivity index (χ4v) is 2.42. The first-order chi connectivity index (χ1) is 9.65. The predicted molar refractivity (Wildman–Crippen MR) is 84.4 cm³/mol. The smallest absolute Gasteiger partial charge is 0.0649 e. The van der Waals surface area contributed by atoms with Gasteiger partial charge in [-0.3, -0.25) is 0 Å². The first-order valence-electron chi connectivity index (χ1n) is 7.46. The Hall–Kier alpha value is -1.61. The van der Waals surface area contributed by atoms with Gasteiger partial charge in [0.2, 0.25) is 0 Å². The number of aromatic nitrogens is 2. The van der Waals surface area contributed by atoms with E-state index in [1.165, 1.54) is 12.1 Å². The molecule has 0 saturated carbocycles. The van der Waals surface area contributed by atoms with Crippen LogP contribution in [0.1, 0.15) is 39.3 Å². The van der Waals surface area contributed by atoms with E-state index in [4.69, 9.17) is 0 Å². The maximum atomic E-state index is 4.49. The molecule has 1 aromatic heterocycles. The molecule has 0 fully saturated rings. The minimum Gasteiger partial charge on any atom is -0.317 e. The summed E-state index contributed by atoms with van der Waals surface area (Å²) >= 11 is 0. The normalized spacial score (nSPS) is 11.8. The molecule has 1 N–H and O–H groups in total. The fraction of sp³-hybridized carbons (Fsp3) is 0.471. The highest BCUT2D eigenvalue weighted by molar-refractivity contribution is 5.34. The predicted octanol–water partition coefficient (Wildman–Crippen LogP) is 3.54. The molecular formula is C17H25N3. The average molecular weight is 271 g/mol. The van der Waals surface area contributed by atoms with Crippen molar-refractivity contribution in [3.05, 3.63) is 48.3 Å². The Bertz CT molecular complexity index is 514. The Morgan fingerprint density at radius 3 is 2.55 bits per heavy atom. The van der Waals surface area contributed by atoms with Crippen LogP contribution in [-0.2, 0) is 5.41 Å². The van der Waals surface area contributed by atoms with E-state index in [1.54, 1.807) is 0 Å². The molecule has 0 bridgehead atoms. The van der Waals surface area contributed by atoms with Crippen LogP contribution in [0.4, 0.5) is 0 Å². The summed E-state index contributed by atoms with van der Waals surface area (Å²) in [4.78, 5) is 0. The minimum absolute atomic E-state index is 0.104. The van der Waals surface area contributed by atoms with Gasteiger partial charge in [0.15, 0.2) is 0 Å². The van der Waals surface area contributed by atoms with Crippen molar-refractivity contribution in [3.63, 3.8) is 0 Å². The third-order valence-corrected chi connectivity index (χ3v) is 3.69. The number of nitrogens with zero attached hydrogens (tertiary/aromatic N) is 2. The number of hydrogen-bond acceptors (Lipinski definition) is 2. The molecule has 3 heteroatoms. The highest BCUT2D eigenvalue weighted by Gasteiger charge is 2.24. The second-order valence-electron chi connectivity index (χ2n) is 5.85. The fourth-order valence-electron chi connectivity index (χ4n) is 2.42. The lowest BCUT2D eigenvalue weighted by Gasteiger charge is -2.26. The second-order valence-corrected chi connectivity index (χ2v) is 5.85. The third-order valence-electron chi connectivity index (χ3n) is 3.69. The van der Waals surface area contributed by atoms with Gasteiger partial charge in [-0.2, -0.15) is 5.10 Å². The summed E-state index contributed by atoms with van der Waals surface area (Å²) in [7, 11) is 0. The van der Waals surface area contributed by atoms with Crippen LogP contribution in [0.15, 0.2) is 42.6 Å². The Balaban J connectivity index is 2.14. The van der Waals surface area contributed by atoms with Gasteiger partial charge in [0.25, 0.3) is 0 Å². The summed E-state index contributed by atoms with van der Waals surface area (Å²) in [5, 5.41) is 7.98. The third kappa shape index (κ3) is 3.48. The molecule has 0 saturated heterocycles. The van der Waals surface area contributed by atoms with E-state index in [-0.39, 0.29) is 5.41 Å². The molecule has 1 aromatic carbocycles. The Morgan fingerprint density at radius 1 is 1.10 bits per heavy atom. The SMILES string of the molecule is CCCNCCC(C)(C)c1ccnn1-c1ccccc1. The molecule has 108 valence electrons. The summed E-state index contributed by atoms with van der Waals surface area (Å²) in [6.07, 6.45) is 4.18. The van der Waals surface area contributed by atoms with Crippen LogP contribution in [0.5, 0.6) is 0 Å². The van der Waals surface area contributed by atoms with Crippen molar-refractivity contribution in [2.45, 2.75) is 39.0 Å². The quantitative estimate of drug-likeness (QED) is 0.781. The molecule has 1 heterocycles. The summed E-state index contributed by atoms with van der Waals surface area (Å²) in [6.45, 7) is 8.91. The van der Waals surface area contributed by atoms with E-state index >= 15 is 0 Å². The Morgan fingerprint density at radius 2 is 1.85 bits per heavy atom. The largest absolute Gasteiger partial charge is 0.317 e. The van der Waals surface area contributed by atoms with Crippen molar-refractivity contribution >= 4 is 0 Å². The van der Waals surface area contributed by atoms with Gasteiger partial charge >= 0.3 is 0 Å². The van der Waals surface area contributed by atoms with Crippen molar-refractivity contribution in [2.24, 2.45) is 0 Å². The van der Waals surface area contributed by atoms with E-state index < -0.39 is 0 Å². The van der Waals surface area contributed by atoms with Gasteiger partial charge in [-0.05, 0) is 44.1 Å². The zero-order valence-corrected chi connectivity index (χ0v) is 12.8. The van der Waals surface area contributed by atoms with Gasteiger partial charge in [0.1, 0.15) is 0 Å². The van der Waals surface area contributed by atoms with E-state index in [0.717, 1.165) is 25.2 Å². The van der Waals surface area contributed by atoms with Gasteiger partial charge in [0, 0.05) is 17.3 Å². The summed E-state index contributed by atoms with van der Waals surface area (Å²) < 4.78 is 2.06. The van der Waals surface area contributed by atoms with Gasteiger partial charge in [-0.15, -0.1) is 0 Å². The van der Waals surface area contributed by atoms with Crippen molar-refractivity contribution < 1.29 is 0 Å². The zero-order chi connectivity index (χ0) is 14.4. The van der Waals surface area contributed by atoms with Gasteiger partial charge in [-0.1, -0.05) is 39.0 Å². The number of rotatable bonds is 7. The lowest BCUT2D eigenvalue weighted by molar-refractivity contribution is 0.434. The van der Waals surface area contributed by atoms with Crippen LogP contribution >= 0.6 is 0 Å². The maximum Gasteiger partial charge on any atom is 0.0649 e. The van der Waals surface area contributed by atoms with Crippen LogP contribution in [0.2, 0.25) is 0 Å². The summed E-state index contributed by atoms with van der Waals surface area (Å²) in [6, 6.07) is 12.5. The van der Waals surface area contributed by atoms with Crippen LogP contribution in [-0.4, -0.2) is 22.9 Å². The second kappa shape index (κ2) is 6.71. The van der Waals surface area contributed by atoms with Crippen LogP contribution in [0.25, 0.3) is 5.69 Å². The first kappa shape index (κ1) is 14.8. The molecule has 0 aliphatic rings. The number of benzene rings is 1. The molecule has 2 rings (SSSR count). The minimum atomic E-state index is 0.104. The van der Waals surface area contributed by atoms with Gasteiger partial charge < -0.3 is 5.32 Å². The van der Waals surface area contributed by atoms with E-state index in [2.05, 4.69) is 66.2 Å². The molecule has 0 aliphatic carbocycles. The number of para-hydroxylation sites is 1. The standard InChI is InChI=1S/C17H25N3/c1-4-12-18-14-11-17(2,3)16-10-13-19-20(16)15-8-6-5-7-9-15/h5-10,13,18H,4,11-12,14H2,1-3H3. The molecule has 0 unspecified atom stereocenters. The van der Waals surface area contributed by atoms with E-state index in [1.807, 2.05) is 12.3 Å². The zero-order valence-electron chi connectivity index (χ0n) is 12.8. The molecule has 3 nitrogen and oxygen atoms in total. The molecule has 2 aromatic rings.